The zero-order valence-corrected chi connectivity index (χ0v) is 14.1. The molecular weight excluding hydrogens is 336 g/mol. The van der Waals surface area contributed by atoms with Gasteiger partial charge in [0, 0.05) is 23.3 Å². The summed E-state index contributed by atoms with van der Waals surface area (Å²) in [5.74, 6) is -0.205. The van der Waals surface area contributed by atoms with Gasteiger partial charge in [0.05, 0.1) is 6.61 Å². The van der Waals surface area contributed by atoms with Crippen LogP contribution in [0.1, 0.15) is 12.5 Å². The van der Waals surface area contributed by atoms with E-state index in [4.69, 9.17) is 9.52 Å². The summed E-state index contributed by atoms with van der Waals surface area (Å²) in [5.41, 5.74) is 1.05. The van der Waals surface area contributed by atoms with Crippen LogP contribution in [-0.2, 0) is 6.42 Å². The molecule has 1 heterocycles. The zero-order chi connectivity index (χ0) is 18.8. The molecule has 0 aliphatic heterocycles. The van der Waals surface area contributed by atoms with Crippen molar-refractivity contribution in [3.8, 4) is 28.6 Å². The smallest absolute Gasteiger partial charge is 0.197 e. The quantitative estimate of drug-likeness (QED) is 0.536. The number of hydrogen-bond donors (Lipinski definition) is 4. The van der Waals surface area contributed by atoms with E-state index in [1.54, 1.807) is 25.1 Å². The van der Waals surface area contributed by atoms with Gasteiger partial charge in [-0.3, -0.25) is 4.79 Å². The molecule has 0 atom stereocenters. The second-order valence-electron chi connectivity index (χ2n) is 6.03. The van der Waals surface area contributed by atoms with Gasteiger partial charge in [-0.25, -0.2) is 0 Å². The number of hydrogen-bond acceptors (Lipinski definition) is 6. The Bertz CT molecular complexity index is 1040. The van der Waals surface area contributed by atoms with Gasteiger partial charge in [-0.05, 0) is 37.6 Å². The number of aliphatic hydroxyl groups is 1. The van der Waals surface area contributed by atoms with E-state index in [0.29, 0.717) is 11.1 Å². The van der Waals surface area contributed by atoms with Crippen molar-refractivity contribution in [3.63, 3.8) is 0 Å². The molecule has 134 valence electrons. The third-order valence-electron chi connectivity index (χ3n) is 4.13. The molecular formula is C20H18O6. The first kappa shape index (κ1) is 17.6. The Morgan fingerprint density at radius 2 is 1.81 bits per heavy atom. The SMILES string of the molecule is C/C(=C\Cc1c(O)cc2oc(-c3ccc(O)cc3)cc(=O)c2c1O)CO. The van der Waals surface area contributed by atoms with Crippen molar-refractivity contribution in [1.82, 2.24) is 0 Å². The summed E-state index contributed by atoms with van der Waals surface area (Å²) in [7, 11) is 0. The maximum atomic E-state index is 12.5. The van der Waals surface area contributed by atoms with Gasteiger partial charge in [0.1, 0.15) is 34.0 Å². The normalized spacial score (nSPS) is 11.8. The monoisotopic (exact) mass is 354 g/mol. The predicted octanol–water partition coefficient (Wildman–Crippen LogP) is 3.06. The van der Waals surface area contributed by atoms with Gasteiger partial charge in [0.25, 0.3) is 0 Å². The van der Waals surface area contributed by atoms with E-state index < -0.39 is 5.43 Å². The maximum absolute atomic E-state index is 12.5. The van der Waals surface area contributed by atoms with Crippen molar-refractivity contribution in [3.05, 3.63) is 63.8 Å². The first-order valence-corrected chi connectivity index (χ1v) is 7.98. The molecule has 3 rings (SSSR count). The van der Waals surface area contributed by atoms with Crippen LogP contribution in [0, 0.1) is 0 Å². The Morgan fingerprint density at radius 3 is 2.46 bits per heavy atom. The maximum Gasteiger partial charge on any atom is 0.197 e. The molecule has 0 fully saturated rings. The fourth-order valence-electron chi connectivity index (χ4n) is 2.64. The lowest BCUT2D eigenvalue weighted by Crippen LogP contribution is -2.02. The fraction of sp³-hybridized carbons (Fsp3) is 0.150. The highest BCUT2D eigenvalue weighted by atomic mass is 16.3. The number of benzene rings is 2. The third-order valence-corrected chi connectivity index (χ3v) is 4.13. The van der Waals surface area contributed by atoms with Gasteiger partial charge in [-0.2, -0.15) is 0 Å². The molecule has 0 saturated heterocycles. The van der Waals surface area contributed by atoms with Crippen molar-refractivity contribution in [2.75, 3.05) is 6.61 Å². The molecule has 6 nitrogen and oxygen atoms in total. The lowest BCUT2D eigenvalue weighted by atomic mass is 10.0. The van der Waals surface area contributed by atoms with E-state index in [0.717, 1.165) is 0 Å². The molecule has 0 bridgehead atoms. The molecule has 0 saturated carbocycles. The predicted molar refractivity (Wildman–Crippen MR) is 97.5 cm³/mol. The summed E-state index contributed by atoms with van der Waals surface area (Å²) in [5, 5.41) is 39.1. The molecule has 0 radical (unpaired) electrons. The van der Waals surface area contributed by atoms with Gasteiger partial charge in [-0.1, -0.05) is 11.6 Å². The lowest BCUT2D eigenvalue weighted by Gasteiger charge is -2.10. The van der Waals surface area contributed by atoms with Crippen molar-refractivity contribution in [2.45, 2.75) is 13.3 Å². The third kappa shape index (κ3) is 3.27. The summed E-state index contributed by atoms with van der Waals surface area (Å²) in [6.07, 6.45) is 1.83. The first-order chi connectivity index (χ1) is 12.4. The van der Waals surface area contributed by atoms with E-state index in [-0.39, 0.29) is 52.6 Å². The highest BCUT2D eigenvalue weighted by Gasteiger charge is 2.17. The summed E-state index contributed by atoms with van der Waals surface area (Å²) in [4.78, 5) is 12.5. The zero-order valence-electron chi connectivity index (χ0n) is 14.1. The minimum absolute atomic E-state index is 0.0182. The van der Waals surface area contributed by atoms with Crippen molar-refractivity contribution >= 4 is 11.0 Å². The van der Waals surface area contributed by atoms with Crippen molar-refractivity contribution < 1.29 is 24.8 Å². The van der Waals surface area contributed by atoms with E-state index >= 15 is 0 Å². The van der Waals surface area contributed by atoms with E-state index in [2.05, 4.69) is 0 Å². The van der Waals surface area contributed by atoms with Gasteiger partial charge in [-0.15, -0.1) is 0 Å². The fourth-order valence-corrected chi connectivity index (χ4v) is 2.64. The Hall–Kier alpha value is -3.25. The van der Waals surface area contributed by atoms with Gasteiger partial charge < -0.3 is 24.8 Å². The van der Waals surface area contributed by atoms with Crippen LogP contribution in [0.2, 0.25) is 0 Å². The largest absolute Gasteiger partial charge is 0.508 e. The molecule has 0 aliphatic rings. The Morgan fingerprint density at radius 1 is 1.12 bits per heavy atom. The minimum atomic E-state index is -0.448. The number of phenolic OH excluding ortho intramolecular Hbond substituents is 3. The summed E-state index contributed by atoms with van der Waals surface area (Å²) >= 11 is 0. The van der Waals surface area contributed by atoms with Crippen LogP contribution in [0.25, 0.3) is 22.3 Å². The molecule has 0 amide bonds. The average molecular weight is 354 g/mol. The molecule has 0 unspecified atom stereocenters. The number of allylic oxidation sites excluding steroid dienone is 1. The van der Waals surface area contributed by atoms with Crippen LogP contribution in [0.15, 0.2) is 57.3 Å². The molecule has 2 aromatic carbocycles. The Kier molecular flexibility index (Phi) is 4.69. The molecule has 3 aromatic rings. The Balaban J connectivity index is 2.15. The number of rotatable bonds is 4. The van der Waals surface area contributed by atoms with Crippen LogP contribution < -0.4 is 5.43 Å². The van der Waals surface area contributed by atoms with E-state index in [9.17, 15) is 20.1 Å². The van der Waals surface area contributed by atoms with Crippen LogP contribution in [0.3, 0.4) is 0 Å². The molecule has 6 heteroatoms. The number of phenols is 3. The van der Waals surface area contributed by atoms with Gasteiger partial charge >= 0.3 is 0 Å². The molecule has 26 heavy (non-hydrogen) atoms. The first-order valence-electron chi connectivity index (χ1n) is 7.98. The molecule has 0 spiro atoms. The highest BCUT2D eigenvalue weighted by Crippen LogP contribution is 2.36. The number of aromatic hydroxyl groups is 3. The van der Waals surface area contributed by atoms with Crippen LogP contribution in [0.5, 0.6) is 17.2 Å². The summed E-state index contributed by atoms with van der Waals surface area (Å²) in [6.45, 7) is 1.58. The summed E-state index contributed by atoms with van der Waals surface area (Å²) < 4.78 is 5.67. The lowest BCUT2D eigenvalue weighted by molar-refractivity contribution is 0.331. The number of fused-ring (bicyclic) bond motifs is 1. The van der Waals surface area contributed by atoms with Crippen LogP contribution in [-0.4, -0.2) is 27.0 Å². The van der Waals surface area contributed by atoms with Crippen LogP contribution in [0.4, 0.5) is 0 Å². The van der Waals surface area contributed by atoms with Gasteiger partial charge in [0.2, 0.25) is 0 Å². The number of aliphatic hydroxyl groups excluding tert-OH is 1. The second kappa shape index (κ2) is 6.93. The van der Waals surface area contributed by atoms with E-state index in [1.165, 1.54) is 24.3 Å². The average Bonchev–Trinajstić information content (AvgIpc) is 2.61. The van der Waals surface area contributed by atoms with Gasteiger partial charge in [0.15, 0.2) is 5.43 Å². The summed E-state index contributed by atoms with van der Waals surface area (Å²) in [6, 6.07) is 8.66. The molecule has 4 N–H and O–H groups in total. The minimum Gasteiger partial charge on any atom is -0.508 e. The molecule has 1 aromatic heterocycles. The topological polar surface area (TPSA) is 111 Å². The Labute approximate surface area is 148 Å². The van der Waals surface area contributed by atoms with Crippen molar-refractivity contribution in [1.29, 1.82) is 0 Å². The van der Waals surface area contributed by atoms with Crippen molar-refractivity contribution in [2.24, 2.45) is 0 Å². The van der Waals surface area contributed by atoms with Crippen LogP contribution >= 0.6 is 0 Å². The highest BCUT2D eigenvalue weighted by molar-refractivity contribution is 5.88. The second-order valence-corrected chi connectivity index (χ2v) is 6.03. The standard InChI is InChI=1S/C20H18O6/c1-11(10-21)2-7-14-15(23)8-18-19(20(14)25)16(24)9-17(26-18)12-3-5-13(22)6-4-12/h2-6,8-9,21-23,25H,7,10H2,1H3/b11-2+. The van der Waals surface area contributed by atoms with E-state index in [1.807, 2.05) is 0 Å². The molecule has 0 aliphatic carbocycles.